The fraction of sp³-hybridized carbons (Fsp3) is 0.682. The predicted molar refractivity (Wildman–Crippen MR) is 103 cm³/mol. The van der Waals surface area contributed by atoms with Crippen LogP contribution in [-0.2, 0) is 14.9 Å². The number of methoxy groups -OCH3 is 3. The second-order valence-corrected chi connectivity index (χ2v) is 8.37. The first-order valence-corrected chi connectivity index (χ1v) is 10.2. The lowest BCUT2D eigenvalue weighted by atomic mass is 9.76. The molecule has 0 spiro atoms. The normalized spacial score (nSPS) is 29.0. The lowest BCUT2D eigenvalue weighted by Crippen LogP contribution is -2.53. The number of benzene rings is 1. The number of fused-ring (bicyclic) bond motifs is 2. The highest BCUT2D eigenvalue weighted by atomic mass is 16.5. The van der Waals surface area contributed by atoms with E-state index in [0.717, 1.165) is 44.3 Å². The van der Waals surface area contributed by atoms with Gasteiger partial charge in [-0.1, -0.05) is 18.9 Å². The summed E-state index contributed by atoms with van der Waals surface area (Å²) < 4.78 is 16.6. The molecule has 1 amide bonds. The summed E-state index contributed by atoms with van der Waals surface area (Å²) >= 11 is 0. The van der Waals surface area contributed by atoms with E-state index in [4.69, 9.17) is 14.2 Å². The smallest absolute Gasteiger partial charge is 0.233 e. The Balaban J connectivity index is 1.64. The van der Waals surface area contributed by atoms with Crippen molar-refractivity contribution in [2.24, 2.45) is 11.8 Å². The molecule has 3 aliphatic rings. The Morgan fingerprint density at radius 3 is 2.19 bits per heavy atom. The van der Waals surface area contributed by atoms with Crippen LogP contribution in [0.25, 0.3) is 0 Å². The topological polar surface area (TPSA) is 48.0 Å². The second kappa shape index (κ2) is 7.34. The van der Waals surface area contributed by atoms with Crippen molar-refractivity contribution in [2.75, 3.05) is 34.4 Å². The van der Waals surface area contributed by atoms with Crippen molar-refractivity contribution in [3.63, 3.8) is 0 Å². The molecule has 2 saturated carbocycles. The third-order valence-electron chi connectivity index (χ3n) is 7.11. The highest BCUT2D eigenvalue weighted by Gasteiger charge is 2.50. The van der Waals surface area contributed by atoms with Crippen molar-refractivity contribution in [1.29, 1.82) is 0 Å². The number of hydrogen-bond donors (Lipinski definition) is 0. The van der Waals surface area contributed by atoms with Gasteiger partial charge in [-0.3, -0.25) is 4.79 Å². The number of ether oxygens (including phenoxy) is 3. The van der Waals surface area contributed by atoms with Gasteiger partial charge in [-0.05, 0) is 43.4 Å². The van der Waals surface area contributed by atoms with E-state index in [0.29, 0.717) is 35.3 Å². The zero-order valence-corrected chi connectivity index (χ0v) is 16.7. The molecule has 0 aromatic heterocycles. The highest BCUT2D eigenvalue weighted by molar-refractivity contribution is 5.89. The van der Waals surface area contributed by atoms with E-state index in [-0.39, 0.29) is 0 Å². The SMILES string of the molecule is COc1ccc(C2(C(=O)N3C[C@H]4CC[C@@H](C3)C4OC)CCCC2)cc1OC. The molecule has 27 heavy (non-hydrogen) atoms. The second-order valence-electron chi connectivity index (χ2n) is 8.37. The van der Waals surface area contributed by atoms with Crippen molar-refractivity contribution < 1.29 is 19.0 Å². The van der Waals surface area contributed by atoms with Crippen LogP contribution < -0.4 is 9.47 Å². The minimum absolute atomic E-state index is 0.304. The van der Waals surface area contributed by atoms with E-state index >= 15 is 0 Å². The van der Waals surface area contributed by atoms with Crippen molar-refractivity contribution in [2.45, 2.75) is 50.0 Å². The summed E-state index contributed by atoms with van der Waals surface area (Å²) in [7, 11) is 5.11. The van der Waals surface area contributed by atoms with Gasteiger partial charge in [-0.25, -0.2) is 0 Å². The van der Waals surface area contributed by atoms with Crippen LogP contribution in [0, 0.1) is 11.8 Å². The number of hydrogen-bond acceptors (Lipinski definition) is 4. The molecule has 1 heterocycles. The van der Waals surface area contributed by atoms with Crippen LogP contribution in [0.5, 0.6) is 11.5 Å². The molecule has 2 aliphatic carbocycles. The molecule has 0 radical (unpaired) electrons. The number of piperidine rings is 1. The third kappa shape index (κ3) is 3.00. The van der Waals surface area contributed by atoms with Crippen LogP contribution in [0.4, 0.5) is 0 Å². The molecule has 5 heteroatoms. The van der Waals surface area contributed by atoms with Crippen LogP contribution in [0.1, 0.15) is 44.1 Å². The molecule has 5 nitrogen and oxygen atoms in total. The maximum Gasteiger partial charge on any atom is 0.233 e. The summed E-state index contributed by atoms with van der Waals surface area (Å²) in [5, 5.41) is 0. The van der Waals surface area contributed by atoms with Gasteiger partial charge in [0.05, 0.1) is 25.7 Å². The quantitative estimate of drug-likeness (QED) is 0.794. The zero-order chi connectivity index (χ0) is 19.0. The van der Waals surface area contributed by atoms with Crippen molar-refractivity contribution in [3.8, 4) is 11.5 Å². The number of carbonyl (C=O) groups is 1. The third-order valence-corrected chi connectivity index (χ3v) is 7.11. The first-order valence-electron chi connectivity index (χ1n) is 10.2. The maximum atomic E-state index is 13.8. The molecule has 3 fully saturated rings. The van der Waals surface area contributed by atoms with Gasteiger partial charge in [-0.15, -0.1) is 0 Å². The van der Waals surface area contributed by atoms with Gasteiger partial charge in [0.2, 0.25) is 5.91 Å². The molecule has 148 valence electrons. The number of carbonyl (C=O) groups excluding carboxylic acids is 1. The molecule has 1 unspecified atom stereocenters. The lowest BCUT2D eigenvalue weighted by molar-refractivity contribution is -0.142. The summed E-state index contributed by atoms with van der Waals surface area (Å²) in [4.78, 5) is 15.9. The molecular formula is C22H31NO4. The number of nitrogens with zero attached hydrogens (tertiary/aromatic N) is 1. The van der Waals surface area contributed by atoms with E-state index in [9.17, 15) is 4.79 Å². The zero-order valence-electron chi connectivity index (χ0n) is 16.7. The highest BCUT2D eigenvalue weighted by Crippen LogP contribution is 2.47. The molecule has 1 saturated heterocycles. The Bertz CT molecular complexity index is 684. The van der Waals surface area contributed by atoms with E-state index in [1.807, 2.05) is 19.2 Å². The van der Waals surface area contributed by atoms with Crippen LogP contribution in [-0.4, -0.2) is 51.3 Å². The average Bonchev–Trinajstić information content (AvgIpc) is 3.29. The molecule has 1 aromatic rings. The Hall–Kier alpha value is -1.75. The standard InChI is InChI=1S/C22H31NO4/c1-25-18-9-8-17(12-19(18)26-2)22(10-4-5-11-22)21(24)23-13-15-6-7-16(14-23)20(15)27-3/h8-9,12,15-16,20H,4-7,10-11,13-14H2,1-3H3/t15-,16+,20?. The molecule has 3 atom stereocenters. The lowest BCUT2D eigenvalue weighted by Gasteiger charge is -2.42. The Labute approximate surface area is 162 Å². The summed E-state index contributed by atoms with van der Waals surface area (Å²) in [6, 6.07) is 6.00. The summed E-state index contributed by atoms with van der Waals surface area (Å²) in [5.74, 6) is 2.69. The van der Waals surface area contributed by atoms with Gasteiger partial charge < -0.3 is 19.1 Å². The average molecular weight is 373 g/mol. The first kappa shape index (κ1) is 18.6. The van der Waals surface area contributed by atoms with Gasteiger partial charge in [-0.2, -0.15) is 0 Å². The van der Waals surface area contributed by atoms with Gasteiger partial charge >= 0.3 is 0 Å². The number of rotatable bonds is 5. The fourth-order valence-electron chi connectivity index (χ4n) is 5.76. The van der Waals surface area contributed by atoms with Crippen molar-refractivity contribution in [1.82, 2.24) is 4.90 Å². The number of likely N-dealkylation sites (tertiary alicyclic amines) is 1. The fourth-order valence-corrected chi connectivity index (χ4v) is 5.76. The van der Waals surface area contributed by atoms with Crippen molar-refractivity contribution >= 4 is 5.91 Å². The van der Waals surface area contributed by atoms with Crippen LogP contribution in [0.15, 0.2) is 18.2 Å². The van der Waals surface area contributed by atoms with Crippen LogP contribution in [0.2, 0.25) is 0 Å². The Morgan fingerprint density at radius 2 is 1.63 bits per heavy atom. The predicted octanol–water partition coefficient (Wildman–Crippen LogP) is 3.40. The largest absolute Gasteiger partial charge is 0.493 e. The van der Waals surface area contributed by atoms with Gasteiger partial charge in [0.1, 0.15) is 0 Å². The van der Waals surface area contributed by atoms with E-state index in [1.54, 1.807) is 14.2 Å². The molecule has 4 rings (SSSR count). The minimum Gasteiger partial charge on any atom is -0.493 e. The maximum absolute atomic E-state index is 13.8. The van der Waals surface area contributed by atoms with Gasteiger partial charge in [0.25, 0.3) is 0 Å². The Kier molecular flexibility index (Phi) is 5.06. The minimum atomic E-state index is -0.418. The molecule has 1 aliphatic heterocycles. The first-order chi connectivity index (χ1) is 13.1. The summed E-state index contributed by atoms with van der Waals surface area (Å²) in [5.41, 5.74) is 0.655. The van der Waals surface area contributed by atoms with E-state index in [2.05, 4.69) is 11.0 Å². The van der Waals surface area contributed by atoms with Crippen LogP contribution >= 0.6 is 0 Å². The molecule has 2 bridgehead atoms. The Morgan fingerprint density at radius 1 is 1.00 bits per heavy atom. The molecular weight excluding hydrogens is 342 g/mol. The van der Waals surface area contributed by atoms with E-state index < -0.39 is 5.41 Å². The number of amides is 1. The van der Waals surface area contributed by atoms with Crippen molar-refractivity contribution in [3.05, 3.63) is 23.8 Å². The summed E-state index contributed by atoms with van der Waals surface area (Å²) in [6.07, 6.45) is 6.71. The van der Waals surface area contributed by atoms with Gasteiger partial charge in [0.15, 0.2) is 11.5 Å². The summed E-state index contributed by atoms with van der Waals surface area (Å²) in [6.45, 7) is 1.67. The monoisotopic (exact) mass is 373 g/mol. The van der Waals surface area contributed by atoms with Crippen LogP contribution in [0.3, 0.4) is 0 Å². The van der Waals surface area contributed by atoms with Gasteiger partial charge in [0, 0.05) is 32.0 Å². The molecule has 0 N–H and O–H groups in total. The molecule has 1 aromatic carbocycles. The van der Waals surface area contributed by atoms with E-state index in [1.165, 1.54) is 12.8 Å².